The number of hydrogen-bond acceptors (Lipinski definition) is 10. The first-order valence-electron chi connectivity index (χ1n) is 13.1. The zero-order chi connectivity index (χ0) is 28.0. The molecule has 7 rings (SSSR count). The van der Waals surface area contributed by atoms with Crippen LogP contribution < -0.4 is 5.32 Å². The summed E-state index contributed by atoms with van der Waals surface area (Å²) in [5.74, 6) is -0.350. The maximum atomic E-state index is 11.9. The van der Waals surface area contributed by atoms with Gasteiger partial charge in [0, 0.05) is 5.54 Å². The molecular formula is C24H33ClN5O8P. The molecule has 15 heteroatoms. The average molecular weight is 586 g/mol. The Morgan fingerprint density at radius 1 is 1.21 bits per heavy atom. The van der Waals surface area contributed by atoms with Crippen molar-refractivity contribution in [2.45, 2.75) is 82.5 Å². The zero-order valence-corrected chi connectivity index (χ0v) is 23.3. The number of aromatic nitrogens is 4. The summed E-state index contributed by atoms with van der Waals surface area (Å²) in [7, 11) is -4.46. The van der Waals surface area contributed by atoms with Crippen LogP contribution in [0.2, 0.25) is 5.28 Å². The van der Waals surface area contributed by atoms with E-state index in [-0.39, 0.29) is 27.3 Å². The first kappa shape index (κ1) is 27.3. The number of imidazole rings is 1. The highest BCUT2D eigenvalue weighted by Gasteiger charge is 2.60. The van der Waals surface area contributed by atoms with Crippen LogP contribution in [0, 0.1) is 16.7 Å². The summed E-state index contributed by atoms with van der Waals surface area (Å²) < 4.78 is 24.0. The van der Waals surface area contributed by atoms with Crippen molar-refractivity contribution in [1.82, 2.24) is 19.5 Å². The van der Waals surface area contributed by atoms with Crippen molar-refractivity contribution < 1.29 is 38.8 Å². The number of ether oxygens (including phenoxy) is 1. The van der Waals surface area contributed by atoms with Gasteiger partial charge in [0.1, 0.15) is 24.5 Å². The number of rotatable bonds is 8. The fraction of sp³-hybridized carbons (Fsp3) is 0.750. The molecule has 5 N–H and O–H groups in total. The number of carboxylic acids is 1. The fourth-order valence-corrected chi connectivity index (χ4v) is 9.48. The van der Waals surface area contributed by atoms with Gasteiger partial charge in [-0.05, 0) is 66.9 Å². The number of carbonyl (C=O) groups is 1. The minimum Gasteiger partial charge on any atom is -0.481 e. The Morgan fingerprint density at radius 2 is 1.90 bits per heavy atom. The normalized spacial score (nSPS) is 40.7. The van der Waals surface area contributed by atoms with Crippen LogP contribution in [0.4, 0.5) is 5.82 Å². The highest BCUT2D eigenvalue weighted by Crippen LogP contribution is 2.67. The van der Waals surface area contributed by atoms with E-state index in [9.17, 15) is 24.5 Å². The summed E-state index contributed by atoms with van der Waals surface area (Å²) in [4.78, 5) is 33.8. The lowest BCUT2D eigenvalue weighted by Gasteiger charge is -2.65. The predicted octanol–water partition coefficient (Wildman–Crippen LogP) is 2.55. The van der Waals surface area contributed by atoms with E-state index in [0.717, 1.165) is 19.3 Å². The van der Waals surface area contributed by atoms with Crippen molar-refractivity contribution in [2.24, 2.45) is 16.7 Å². The molecule has 4 bridgehead atoms. The largest absolute Gasteiger partial charge is 0.481 e. The fourth-order valence-electron chi connectivity index (χ4n) is 8.50. The maximum Gasteiger partial charge on any atom is 0.339 e. The van der Waals surface area contributed by atoms with E-state index in [0.29, 0.717) is 17.3 Å². The summed E-state index contributed by atoms with van der Waals surface area (Å²) in [6.07, 6.45) is 1.83. The second kappa shape index (κ2) is 9.07. The SMILES string of the molecule is C[C@]12C[C@@H]3C[C@](C)(C1)C[C@@](Nc1nc(Cl)nc4c1ncn4[C@@H]1O[C@H](COP(=O)(O)CC(=O)O)C(O)C1O)(C3)C2. The molecule has 39 heavy (non-hydrogen) atoms. The Labute approximate surface area is 229 Å². The number of anilines is 1. The molecule has 13 nitrogen and oxygen atoms in total. The van der Waals surface area contributed by atoms with Crippen molar-refractivity contribution in [3.8, 4) is 0 Å². The maximum absolute atomic E-state index is 11.9. The third-order valence-corrected chi connectivity index (χ3v) is 10.2. The van der Waals surface area contributed by atoms with Crippen molar-refractivity contribution >= 4 is 42.1 Å². The number of fused-ring (bicyclic) bond motifs is 1. The smallest absolute Gasteiger partial charge is 0.339 e. The van der Waals surface area contributed by atoms with Crippen LogP contribution in [-0.2, 0) is 18.6 Å². The molecule has 0 spiro atoms. The Bertz CT molecular complexity index is 1360. The van der Waals surface area contributed by atoms with E-state index in [1.807, 2.05) is 0 Å². The molecule has 0 amide bonds. The van der Waals surface area contributed by atoms with Gasteiger partial charge in [0.05, 0.1) is 12.9 Å². The lowest BCUT2D eigenvalue weighted by Crippen LogP contribution is -2.61. The molecule has 5 fully saturated rings. The monoisotopic (exact) mass is 585 g/mol. The van der Waals surface area contributed by atoms with Gasteiger partial charge in [0.15, 0.2) is 23.2 Å². The minimum atomic E-state index is -4.46. The zero-order valence-electron chi connectivity index (χ0n) is 21.7. The Morgan fingerprint density at radius 3 is 2.54 bits per heavy atom. The molecule has 0 radical (unpaired) electrons. The predicted molar refractivity (Wildman–Crippen MR) is 138 cm³/mol. The molecular weight excluding hydrogens is 553 g/mol. The van der Waals surface area contributed by atoms with Crippen LogP contribution in [0.15, 0.2) is 6.33 Å². The standard InChI is InChI=1S/C24H33ClN5O8P/c1-22-3-12-4-23(2,8-22)10-24(5-12,9-22)29-18-15-19(28-21(25)27-18)30(11-26-15)20-17(34)16(33)13(38-20)6-37-39(35,36)7-14(31)32/h11-13,16-17,20,33-34H,3-10H2,1-2H3,(H,31,32)(H,35,36)(H,27,28,29)/t12-,13-,16?,17?,20-,22+,23-,24-/m1/s1. The number of nitrogens with zero attached hydrogens (tertiary/aromatic N) is 4. The quantitative estimate of drug-likeness (QED) is 0.225. The van der Waals surface area contributed by atoms with Gasteiger partial charge < -0.3 is 34.8 Å². The van der Waals surface area contributed by atoms with Gasteiger partial charge in [-0.2, -0.15) is 9.97 Å². The summed E-state index contributed by atoms with van der Waals surface area (Å²) in [5, 5.41) is 33.7. The molecule has 2 aromatic rings. The summed E-state index contributed by atoms with van der Waals surface area (Å²) in [6.45, 7) is 4.16. The highest BCUT2D eigenvalue weighted by molar-refractivity contribution is 7.53. The average Bonchev–Trinajstić information content (AvgIpc) is 3.30. The van der Waals surface area contributed by atoms with Crippen molar-refractivity contribution in [1.29, 1.82) is 0 Å². The van der Waals surface area contributed by atoms with E-state index in [2.05, 4.69) is 34.1 Å². The van der Waals surface area contributed by atoms with Crippen molar-refractivity contribution in [3.05, 3.63) is 11.6 Å². The van der Waals surface area contributed by atoms with E-state index in [4.69, 9.17) is 26.0 Å². The van der Waals surface area contributed by atoms with Gasteiger partial charge in [0.25, 0.3) is 0 Å². The number of aliphatic carboxylic acids is 1. The number of hydrogen-bond donors (Lipinski definition) is 5. The molecule has 5 aliphatic rings. The summed E-state index contributed by atoms with van der Waals surface area (Å²) in [6, 6.07) is 0. The molecule has 9 atom stereocenters. The van der Waals surface area contributed by atoms with E-state index < -0.39 is 50.9 Å². The first-order valence-corrected chi connectivity index (χ1v) is 15.2. The van der Waals surface area contributed by atoms with E-state index >= 15 is 0 Å². The van der Waals surface area contributed by atoms with E-state index in [1.165, 1.54) is 30.2 Å². The van der Waals surface area contributed by atoms with Crippen LogP contribution in [0.1, 0.15) is 58.6 Å². The number of nitrogens with one attached hydrogen (secondary N) is 1. The first-order chi connectivity index (χ1) is 18.2. The van der Waals surface area contributed by atoms with Crippen LogP contribution >= 0.6 is 19.2 Å². The number of halogens is 1. The number of aliphatic hydroxyl groups is 2. The Balaban J connectivity index is 1.26. The van der Waals surface area contributed by atoms with Gasteiger partial charge in [-0.1, -0.05) is 13.8 Å². The molecule has 1 aliphatic heterocycles. The van der Waals surface area contributed by atoms with Gasteiger partial charge >= 0.3 is 13.6 Å². The Kier molecular flexibility index (Phi) is 6.35. The molecule has 214 valence electrons. The molecule has 0 aromatic carbocycles. The minimum absolute atomic E-state index is 0.0169. The second-order valence-electron chi connectivity index (χ2n) is 12.7. The van der Waals surface area contributed by atoms with Gasteiger partial charge in [0.2, 0.25) is 5.28 Å². The molecule has 4 saturated carbocycles. The number of aliphatic hydroxyl groups excluding tert-OH is 2. The lowest BCUT2D eigenvalue weighted by atomic mass is 9.43. The van der Waals surface area contributed by atoms with Gasteiger partial charge in [-0.15, -0.1) is 0 Å². The number of carboxylic acid groups (broad SMARTS) is 1. The summed E-state index contributed by atoms with van der Waals surface area (Å²) in [5.41, 5.74) is 1.14. The van der Waals surface area contributed by atoms with Crippen LogP contribution in [0.5, 0.6) is 0 Å². The highest BCUT2D eigenvalue weighted by atomic mass is 35.5. The topological polar surface area (TPSA) is 189 Å². The van der Waals surface area contributed by atoms with Gasteiger partial charge in [-0.25, -0.2) is 4.98 Å². The van der Waals surface area contributed by atoms with Gasteiger partial charge in [-0.3, -0.25) is 13.9 Å². The molecule has 3 unspecified atom stereocenters. The Hall–Kier alpha value is -1.86. The summed E-state index contributed by atoms with van der Waals surface area (Å²) >= 11 is 6.35. The van der Waals surface area contributed by atoms with Crippen molar-refractivity contribution in [2.75, 3.05) is 18.1 Å². The molecule has 4 aliphatic carbocycles. The van der Waals surface area contributed by atoms with Crippen molar-refractivity contribution in [3.63, 3.8) is 0 Å². The third kappa shape index (κ3) is 4.96. The molecule has 1 saturated heterocycles. The van der Waals surface area contributed by atoms with Crippen LogP contribution in [0.25, 0.3) is 11.2 Å². The molecule has 3 heterocycles. The third-order valence-electron chi connectivity index (χ3n) is 8.79. The molecule has 2 aromatic heterocycles. The lowest BCUT2D eigenvalue weighted by molar-refractivity contribution is -0.134. The second-order valence-corrected chi connectivity index (χ2v) is 14.9. The van der Waals surface area contributed by atoms with E-state index in [1.54, 1.807) is 0 Å². The van der Waals surface area contributed by atoms with Crippen LogP contribution in [0.3, 0.4) is 0 Å². The van der Waals surface area contributed by atoms with Crippen LogP contribution in [-0.4, -0.2) is 82.3 Å².